The minimum Gasteiger partial charge on any atom is -0.356 e. The van der Waals surface area contributed by atoms with Crippen molar-refractivity contribution in [2.45, 2.75) is 20.3 Å². The quantitative estimate of drug-likeness (QED) is 0.741. The van der Waals surface area contributed by atoms with E-state index in [-0.39, 0.29) is 5.91 Å². The van der Waals surface area contributed by atoms with Crippen molar-refractivity contribution >= 4 is 28.1 Å². The molecular formula is C17H16F2N2OS. The van der Waals surface area contributed by atoms with Crippen LogP contribution in [0.2, 0.25) is 0 Å². The smallest absolute Gasteiger partial charge is 0.261 e. The van der Waals surface area contributed by atoms with Gasteiger partial charge in [-0.25, -0.2) is 8.78 Å². The molecule has 120 valence electrons. The van der Waals surface area contributed by atoms with Crippen molar-refractivity contribution in [1.29, 1.82) is 0 Å². The van der Waals surface area contributed by atoms with E-state index in [4.69, 9.17) is 0 Å². The van der Waals surface area contributed by atoms with Gasteiger partial charge in [0.1, 0.15) is 11.6 Å². The molecule has 0 bridgehead atoms. The lowest BCUT2D eigenvalue weighted by molar-refractivity contribution is 0.0958. The summed E-state index contributed by atoms with van der Waals surface area (Å²) in [5.74, 6) is -1.33. The highest BCUT2D eigenvalue weighted by atomic mass is 32.1. The van der Waals surface area contributed by atoms with Crippen LogP contribution in [0, 0.1) is 25.5 Å². The summed E-state index contributed by atoms with van der Waals surface area (Å²) in [5, 5.41) is 3.37. The predicted molar refractivity (Wildman–Crippen MR) is 88.0 cm³/mol. The molecule has 2 N–H and O–H groups in total. The van der Waals surface area contributed by atoms with Gasteiger partial charge in [-0.15, -0.1) is 11.3 Å². The summed E-state index contributed by atoms with van der Waals surface area (Å²) in [6.45, 7) is 4.17. The number of nitrogens with one attached hydrogen (secondary N) is 2. The molecule has 0 aliphatic heterocycles. The molecule has 1 amide bonds. The van der Waals surface area contributed by atoms with Gasteiger partial charge in [0.05, 0.1) is 10.4 Å². The van der Waals surface area contributed by atoms with Gasteiger partial charge in [0.25, 0.3) is 5.91 Å². The second-order valence-corrected chi connectivity index (χ2v) is 6.74. The fourth-order valence-electron chi connectivity index (χ4n) is 2.67. The van der Waals surface area contributed by atoms with Crippen LogP contribution in [0.4, 0.5) is 8.78 Å². The van der Waals surface area contributed by atoms with Crippen LogP contribution in [0.5, 0.6) is 0 Å². The molecule has 0 atom stereocenters. The van der Waals surface area contributed by atoms with Gasteiger partial charge in [-0.2, -0.15) is 0 Å². The highest BCUT2D eigenvalue weighted by molar-refractivity contribution is 7.13. The number of aromatic nitrogens is 1. The van der Waals surface area contributed by atoms with Gasteiger partial charge >= 0.3 is 0 Å². The Morgan fingerprint density at radius 3 is 2.74 bits per heavy atom. The van der Waals surface area contributed by atoms with Crippen molar-refractivity contribution in [2.24, 2.45) is 0 Å². The van der Waals surface area contributed by atoms with Crippen LogP contribution >= 0.6 is 11.3 Å². The molecule has 6 heteroatoms. The van der Waals surface area contributed by atoms with Crippen LogP contribution in [-0.2, 0) is 6.42 Å². The molecule has 1 aromatic carbocycles. The van der Waals surface area contributed by atoms with Gasteiger partial charge in [0.15, 0.2) is 0 Å². The molecule has 23 heavy (non-hydrogen) atoms. The number of halogens is 2. The third kappa shape index (κ3) is 3.12. The van der Waals surface area contributed by atoms with E-state index >= 15 is 0 Å². The number of fused-ring (bicyclic) bond motifs is 1. The van der Waals surface area contributed by atoms with E-state index in [1.54, 1.807) is 6.07 Å². The zero-order chi connectivity index (χ0) is 16.6. The van der Waals surface area contributed by atoms with Crippen LogP contribution < -0.4 is 5.32 Å². The van der Waals surface area contributed by atoms with E-state index in [2.05, 4.69) is 10.3 Å². The van der Waals surface area contributed by atoms with E-state index < -0.39 is 11.6 Å². The number of rotatable bonds is 4. The topological polar surface area (TPSA) is 44.9 Å². The van der Waals surface area contributed by atoms with Crippen molar-refractivity contribution < 1.29 is 13.6 Å². The zero-order valence-corrected chi connectivity index (χ0v) is 13.6. The lowest BCUT2D eigenvalue weighted by atomic mass is 10.1. The summed E-state index contributed by atoms with van der Waals surface area (Å²) in [6, 6.07) is 5.87. The van der Waals surface area contributed by atoms with Crippen LogP contribution in [0.1, 0.15) is 25.8 Å². The number of benzene rings is 1. The van der Waals surface area contributed by atoms with Gasteiger partial charge in [-0.05, 0) is 44.0 Å². The van der Waals surface area contributed by atoms with E-state index in [0.29, 0.717) is 28.7 Å². The van der Waals surface area contributed by atoms with Gasteiger partial charge in [-0.1, -0.05) is 0 Å². The maximum Gasteiger partial charge on any atom is 0.261 e. The first kappa shape index (κ1) is 15.7. The molecule has 0 saturated carbocycles. The highest BCUT2D eigenvalue weighted by Gasteiger charge is 2.14. The number of aryl methyl sites for hydroxylation is 2. The van der Waals surface area contributed by atoms with E-state index in [0.717, 1.165) is 22.2 Å². The number of amides is 1. The number of carbonyl (C=O) groups is 1. The molecule has 3 nitrogen and oxygen atoms in total. The molecule has 0 spiro atoms. The number of hydrogen-bond donors (Lipinski definition) is 2. The Morgan fingerprint density at radius 1 is 1.26 bits per heavy atom. The predicted octanol–water partition coefficient (Wildman–Crippen LogP) is 4.10. The molecule has 0 aliphatic carbocycles. The van der Waals surface area contributed by atoms with Gasteiger partial charge < -0.3 is 10.3 Å². The summed E-state index contributed by atoms with van der Waals surface area (Å²) in [7, 11) is 0. The van der Waals surface area contributed by atoms with Crippen LogP contribution in [0.15, 0.2) is 24.3 Å². The van der Waals surface area contributed by atoms with Crippen LogP contribution in [0.25, 0.3) is 10.9 Å². The van der Waals surface area contributed by atoms with Gasteiger partial charge in [-0.3, -0.25) is 4.79 Å². The normalized spacial score (nSPS) is 11.1. The molecule has 0 unspecified atom stereocenters. The Labute approximate surface area is 136 Å². The van der Waals surface area contributed by atoms with Crippen molar-refractivity contribution in [1.82, 2.24) is 10.3 Å². The molecule has 2 heterocycles. The third-order valence-electron chi connectivity index (χ3n) is 3.77. The minimum atomic E-state index is -0.604. The number of H-pyrrole nitrogens is 1. The second-order valence-electron chi connectivity index (χ2n) is 5.45. The zero-order valence-electron chi connectivity index (χ0n) is 12.8. The Morgan fingerprint density at radius 2 is 2.04 bits per heavy atom. The first-order valence-corrected chi connectivity index (χ1v) is 8.08. The molecular weight excluding hydrogens is 318 g/mol. The lowest BCUT2D eigenvalue weighted by Crippen LogP contribution is -2.24. The van der Waals surface area contributed by atoms with Gasteiger partial charge in [0, 0.05) is 28.6 Å². The van der Waals surface area contributed by atoms with Crippen LogP contribution in [0.3, 0.4) is 0 Å². The monoisotopic (exact) mass is 334 g/mol. The first-order valence-electron chi connectivity index (χ1n) is 7.26. The summed E-state index contributed by atoms with van der Waals surface area (Å²) in [4.78, 5) is 16.7. The number of carbonyl (C=O) groups excluding carboxylic acids is 1. The molecule has 0 radical (unpaired) electrons. The van der Waals surface area contributed by atoms with E-state index in [1.807, 2.05) is 19.9 Å². The second kappa shape index (κ2) is 6.12. The van der Waals surface area contributed by atoms with E-state index in [1.165, 1.54) is 17.4 Å². The molecule has 0 fully saturated rings. The largest absolute Gasteiger partial charge is 0.356 e. The summed E-state index contributed by atoms with van der Waals surface area (Å²) >= 11 is 1.44. The number of thiophene rings is 1. The summed E-state index contributed by atoms with van der Waals surface area (Å²) < 4.78 is 27.2. The molecule has 2 aromatic heterocycles. The van der Waals surface area contributed by atoms with Crippen molar-refractivity contribution in [3.63, 3.8) is 0 Å². The van der Waals surface area contributed by atoms with Crippen molar-refractivity contribution in [2.75, 3.05) is 6.54 Å². The SMILES string of the molecule is Cc1ccc(C(=O)NCCc2c(C)[nH]c3c(F)cc(F)cc23)s1. The highest BCUT2D eigenvalue weighted by Crippen LogP contribution is 2.26. The maximum absolute atomic E-state index is 13.8. The van der Waals surface area contributed by atoms with E-state index in [9.17, 15) is 13.6 Å². The summed E-state index contributed by atoms with van der Waals surface area (Å²) in [6.07, 6.45) is 0.505. The number of hydrogen-bond acceptors (Lipinski definition) is 2. The Kier molecular flexibility index (Phi) is 4.17. The molecule has 0 aliphatic rings. The van der Waals surface area contributed by atoms with Crippen molar-refractivity contribution in [3.8, 4) is 0 Å². The standard InChI is InChI=1S/C17H16F2N2OS/c1-9-3-4-15(23-9)17(22)20-6-5-12-10(2)21-16-13(12)7-11(18)8-14(16)19/h3-4,7-8,21H,5-6H2,1-2H3,(H,20,22). The maximum atomic E-state index is 13.8. The third-order valence-corrected chi connectivity index (χ3v) is 4.77. The average molecular weight is 334 g/mol. The fourth-order valence-corrected chi connectivity index (χ4v) is 3.45. The molecule has 3 aromatic rings. The fraction of sp³-hybridized carbons (Fsp3) is 0.235. The Bertz CT molecular complexity index is 882. The summed E-state index contributed by atoms with van der Waals surface area (Å²) in [5.41, 5.74) is 1.91. The Hall–Kier alpha value is -2.21. The Balaban J connectivity index is 1.74. The first-order chi connectivity index (χ1) is 11.0. The molecule has 0 saturated heterocycles. The molecule has 3 rings (SSSR count). The minimum absolute atomic E-state index is 0.127. The lowest BCUT2D eigenvalue weighted by Gasteiger charge is -2.04. The van der Waals surface area contributed by atoms with Gasteiger partial charge in [0.2, 0.25) is 0 Å². The average Bonchev–Trinajstić information content (AvgIpc) is 3.04. The number of aromatic amines is 1. The van der Waals surface area contributed by atoms with Crippen molar-refractivity contribution in [3.05, 3.63) is 56.9 Å². The van der Waals surface area contributed by atoms with Crippen LogP contribution in [-0.4, -0.2) is 17.4 Å².